The Morgan fingerprint density at radius 1 is 0.931 bits per heavy atom. The lowest BCUT2D eigenvalue weighted by molar-refractivity contribution is 0.152. The largest absolute Gasteiger partial charge is 0.340 e. The molecule has 0 aliphatic carbocycles. The van der Waals surface area contributed by atoms with Crippen LogP contribution in [0, 0.1) is 0 Å². The smallest absolute Gasteiger partial charge is 0.235 e. The number of likely N-dealkylation sites (N-methyl/N-ethyl adjacent to an activating group) is 1. The minimum Gasteiger partial charge on any atom is -0.340 e. The molecule has 2 heterocycles. The fourth-order valence-corrected chi connectivity index (χ4v) is 5.67. The fraction of sp³-hybridized carbons (Fsp3) is 0.455. The van der Waals surface area contributed by atoms with E-state index in [4.69, 9.17) is 0 Å². The quantitative estimate of drug-likeness (QED) is 0.210. The van der Waals surface area contributed by atoms with Gasteiger partial charge >= 0.3 is 0 Å². The maximum atomic E-state index is 14.6. The molecule has 0 spiro atoms. The average Bonchev–Trinajstić information content (AvgIpc) is 2.70. The lowest BCUT2D eigenvalue weighted by Gasteiger charge is -2.34. The second kappa shape index (κ2) is 9.58. The van der Waals surface area contributed by atoms with Gasteiger partial charge in [0, 0.05) is 48.1 Å². The number of rotatable bonds is 6. The van der Waals surface area contributed by atoms with Gasteiger partial charge in [-0.15, -0.1) is 0 Å². The third kappa shape index (κ3) is 5.39. The number of hydrogen-bond acceptors (Lipinski definition) is 4. The van der Waals surface area contributed by atoms with Gasteiger partial charge in [-0.05, 0) is 95.9 Å². The standard InChI is InChI=1S/C22H26FI2N3S/c1-26-12-14-27(15-13-26)10-4-5-11-28-18-6-2-3-7-20(18)29-21-9-8-17(16-19(21)28)22(23,24)25/h2-3,6-9,16H,4-5,10-15H2,1H3. The van der Waals surface area contributed by atoms with E-state index in [9.17, 15) is 4.39 Å². The van der Waals surface area contributed by atoms with Gasteiger partial charge in [0.05, 0.1) is 11.4 Å². The van der Waals surface area contributed by atoms with Gasteiger partial charge in [-0.2, -0.15) is 0 Å². The molecule has 0 amide bonds. The molecular formula is C22H26FI2N3S. The molecule has 3 nitrogen and oxygen atoms in total. The Labute approximate surface area is 204 Å². The van der Waals surface area contributed by atoms with Crippen LogP contribution in [-0.4, -0.2) is 56.1 Å². The summed E-state index contributed by atoms with van der Waals surface area (Å²) in [6.45, 7) is 6.82. The Morgan fingerprint density at radius 3 is 2.38 bits per heavy atom. The van der Waals surface area contributed by atoms with E-state index in [0.29, 0.717) is 0 Å². The Balaban J connectivity index is 1.48. The number of piperazine rings is 1. The maximum Gasteiger partial charge on any atom is 0.235 e. The second-order valence-corrected chi connectivity index (χ2v) is 13.9. The lowest BCUT2D eigenvalue weighted by Crippen LogP contribution is -2.44. The number of nitrogens with zero attached hydrogens (tertiary/aromatic N) is 3. The summed E-state index contributed by atoms with van der Waals surface area (Å²) in [6.07, 6.45) is 2.32. The van der Waals surface area contributed by atoms with Crippen LogP contribution >= 0.6 is 56.9 Å². The molecule has 0 saturated carbocycles. The van der Waals surface area contributed by atoms with Gasteiger partial charge in [0.2, 0.25) is 1.68 Å². The SMILES string of the molecule is CN1CCN(CCCCN2c3ccccc3Sc3ccc(C(F)(I)I)cc32)CC1. The van der Waals surface area contributed by atoms with Gasteiger partial charge in [-0.1, -0.05) is 30.0 Å². The van der Waals surface area contributed by atoms with Crippen molar-refractivity contribution in [2.24, 2.45) is 0 Å². The third-order valence-corrected chi connectivity index (χ3v) is 8.03. The predicted octanol–water partition coefficient (Wildman–Crippen LogP) is 6.27. The molecule has 2 aromatic rings. The lowest BCUT2D eigenvalue weighted by atomic mass is 10.1. The Hall–Kier alpha value is -0.100. The molecule has 0 N–H and O–H groups in total. The van der Waals surface area contributed by atoms with Crippen LogP contribution < -0.4 is 4.90 Å². The van der Waals surface area contributed by atoms with Crippen molar-refractivity contribution in [1.29, 1.82) is 0 Å². The maximum absolute atomic E-state index is 14.6. The highest BCUT2D eigenvalue weighted by atomic mass is 127. The molecule has 7 heteroatoms. The first-order valence-corrected chi connectivity index (χ1v) is 13.1. The molecule has 2 aliphatic heterocycles. The van der Waals surface area contributed by atoms with E-state index >= 15 is 0 Å². The summed E-state index contributed by atoms with van der Waals surface area (Å²) in [5.41, 5.74) is 3.11. The molecule has 0 aromatic heterocycles. The molecule has 2 aromatic carbocycles. The molecule has 1 saturated heterocycles. The van der Waals surface area contributed by atoms with E-state index in [-0.39, 0.29) is 0 Å². The van der Waals surface area contributed by atoms with Gasteiger partial charge in [0.1, 0.15) is 0 Å². The summed E-state index contributed by atoms with van der Waals surface area (Å²) in [6, 6.07) is 14.6. The molecule has 2 aliphatic rings. The molecule has 29 heavy (non-hydrogen) atoms. The summed E-state index contributed by atoms with van der Waals surface area (Å²) in [5, 5.41) is 0. The van der Waals surface area contributed by atoms with Crippen LogP contribution in [0.15, 0.2) is 52.3 Å². The summed E-state index contributed by atoms with van der Waals surface area (Å²) >= 11 is 5.53. The zero-order valence-electron chi connectivity index (χ0n) is 16.6. The zero-order chi connectivity index (χ0) is 20.4. The van der Waals surface area contributed by atoms with Crippen molar-refractivity contribution < 1.29 is 4.39 Å². The van der Waals surface area contributed by atoms with Crippen molar-refractivity contribution in [3.8, 4) is 0 Å². The highest BCUT2D eigenvalue weighted by Gasteiger charge is 2.28. The molecule has 0 bridgehead atoms. The predicted molar refractivity (Wildman–Crippen MR) is 138 cm³/mol. The van der Waals surface area contributed by atoms with E-state index in [1.54, 1.807) is 11.8 Å². The first-order valence-electron chi connectivity index (χ1n) is 10.1. The van der Waals surface area contributed by atoms with E-state index in [0.717, 1.165) is 24.2 Å². The van der Waals surface area contributed by atoms with Crippen LogP contribution in [0.25, 0.3) is 0 Å². The average molecular weight is 637 g/mol. The molecule has 4 rings (SSSR count). The van der Waals surface area contributed by atoms with Crippen molar-refractivity contribution in [2.45, 2.75) is 24.3 Å². The normalized spacial score (nSPS) is 17.9. The summed E-state index contributed by atoms with van der Waals surface area (Å²) in [4.78, 5) is 9.87. The number of fused-ring (bicyclic) bond motifs is 2. The number of unbranched alkanes of at least 4 members (excludes halogenated alkanes) is 1. The highest BCUT2D eigenvalue weighted by molar-refractivity contribution is 14.2. The number of anilines is 2. The van der Waals surface area contributed by atoms with Crippen LogP contribution in [0.2, 0.25) is 0 Å². The van der Waals surface area contributed by atoms with Crippen LogP contribution in [0.4, 0.5) is 15.8 Å². The first kappa shape index (κ1) is 22.1. The molecule has 0 atom stereocenters. The highest BCUT2D eigenvalue weighted by Crippen LogP contribution is 2.50. The minimum atomic E-state index is -1.39. The molecule has 0 unspecified atom stereocenters. The van der Waals surface area contributed by atoms with E-state index < -0.39 is 1.68 Å². The van der Waals surface area contributed by atoms with Crippen LogP contribution in [0.1, 0.15) is 18.4 Å². The number of alkyl halides is 3. The van der Waals surface area contributed by atoms with Crippen LogP contribution in [0.3, 0.4) is 0 Å². The summed E-state index contributed by atoms with van der Waals surface area (Å²) in [5.74, 6) is 0. The van der Waals surface area contributed by atoms with Crippen molar-refractivity contribution in [3.05, 3.63) is 48.0 Å². The van der Waals surface area contributed by atoms with Crippen molar-refractivity contribution in [1.82, 2.24) is 9.80 Å². The van der Waals surface area contributed by atoms with Crippen LogP contribution in [0.5, 0.6) is 0 Å². The Morgan fingerprint density at radius 2 is 1.62 bits per heavy atom. The van der Waals surface area contributed by atoms with E-state index in [1.807, 2.05) is 57.3 Å². The van der Waals surface area contributed by atoms with Crippen molar-refractivity contribution in [3.63, 3.8) is 0 Å². The number of para-hydroxylation sites is 1. The molecule has 0 radical (unpaired) electrons. The second-order valence-electron chi connectivity index (χ2n) is 7.75. The topological polar surface area (TPSA) is 9.72 Å². The zero-order valence-corrected chi connectivity index (χ0v) is 21.7. The Kier molecular flexibility index (Phi) is 7.30. The molecule has 156 valence electrons. The molecule has 1 fully saturated rings. The van der Waals surface area contributed by atoms with Crippen molar-refractivity contribution in [2.75, 3.05) is 51.2 Å². The van der Waals surface area contributed by atoms with Gasteiger partial charge in [-0.25, -0.2) is 4.39 Å². The summed E-state index contributed by atoms with van der Waals surface area (Å²) < 4.78 is 13.2. The summed E-state index contributed by atoms with van der Waals surface area (Å²) in [7, 11) is 2.20. The van der Waals surface area contributed by atoms with Gasteiger partial charge in [-0.3, -0.25) is 0 Å². The Bertz CT molecular complexity index is 850. The number of benzene rings is 2. The molecular weight excluding hydrogens is 611 g/mol. The van der Waals surface area contributed by atoms with Gasteiger partial charge < -0.3 is 14.7 Å². The number of halogens is 3. The van der Waals surface area contributed by atoms with E-state index in [2.05, 4.69) is 52.1 Å². The third-order valence-electron chi connectivity index (χ3n) is 5.65. The minimum absolute atomic E-state index is 0.722. The first-order chi connectivity index (χ1) is 13.9. The number of hydrogen-bond donors (Lipinski definition) is 0. The van der Waals surface area contributed by atoms with Crippen LogP contribution in [-0.2, 0) is 1.68 Å². The monoisotopic (exact) mass is 637 g/mol. The van der Waals surface area contributed by atoms with Crippen molar-refractivity contribution >= 4 is 68.3 Å². The van der Waals surface area contributed by atoms with E-state index in [1.165, 1.54) is 54.6 Å². The fourth-order valence-electron chi connectivity index (χ4n) is 3.92. The van der Waals surface area contributed by atoms with Gasteiger partial charge in [0.15, 0.2) is 0 Å². The van der Waals surface area contributed by atoms with Gasteiger partial charge in [0.25, 0.3) is 0 Å².